The molecule has 0 atom stereocenters. The number of thiophene rings is 1. The molecule has 0 saturated heterocycles. The van der Waals surface area contributed by atoms with Crippen LogP contribution in [0.25, 0.3) is 5.57 Å². The highest BCUT2D eigenvalue weighted by Crippen LogP contribution is 2.36. The molecule has 2 amide bonds. The summed E-state index contributed by atoms with van der Waals surface area (Å²) in [7, 11) is 1.76. The number of benzene rings is 2. The third kappa shape index (κ3) is 3.12. The average molecular weight is 392 g/mol. The first-order valence-corrected chi connectivity index (χ1v) is 9.62. The lowest BCUT2D eigenvalue weighted by molar-refractivity contribution is -0.137. The van der Waals surface area contributed by atoms with Crippen LogP contribution >= 0.6 is 11.3 Å². The molecule has 2 aromatic carbocycles. The number of carbonyl (C=O) groups is 2. The van der Waals surface area contributed by atoms with Crippen LogP contribution in [0.4, 0.5) is 10.1 Å². The van der Waals surface area contributed by atoms with Gasteiger partial charge in [-0.1, -0.05) is 42.5 Å². The highest BCUT2D eigenvalue weighted by Gasteiger charge is 2.41. The molecule has 28 heavy (non-hydrogen) atoms. The van der Waals surface area contributed by atoms with E-state index in [0.29, 0.717) is 21.7 Å². The van der Waals surface area contributed by atoms with E-state index in [1.54, 1.807) is 30.1 Å². The molecule has 1 aliphatic heterocycles. The van der Waals surface area contributed by atoms with Crippen molar-refractivity contribution in [2.24, 2.45) is 0 Å². The molecule has 0 aliphatic carbocycles. The summed E-state index contributed by atoms with van der Waals surface area (Å²) in [4.78, 5) is 30.0. The monoisotopic (exact) mass is 392 g/mol. The molecule has 0 saturated carbocycles. The predicted octanol–water partition coefficient (Wildman–Crippen LogP) is 4.30. The van der Waals surface area contributed by atoms with E-state index >= 15 is 0 Å². The maximum Gasteiger partial charge on any atom is 0.278 e. The number of rotatable bonds is 5. The molecule has 0 N–H and O–H groups in total. The number of hydrogen-bond donors (Lipinski definition) is 0. The predicted molar refractivity (Wildman–Crippen MR) is 108 cm³/mol. The van der Waals surface area contributed by atoms with E-state index in [9.17, 15) is 14.0 Å². The van der Waals surface area contributed by atoms with E-state index < -0.39 is 17.6 Å². The van der Waals surface area contributed by atoms with Gasteiger partial charge in [0, 0.05) is 23.2 Å². The highest BCUT2D eigenvalue weighted by atomic mass is 32.1. The summed E-state index contributed by atoms with van der Waals surface area (Å²) < 4.78 is 14.1. The molecule has 4 nitrogen and oxygen atoms in total. The maximum absolute atomic E-state index is 14.1. The summed E-state index contributed by atoms with van der Waals surface area (Å²) in [5, 5.41) is 1.86. The van der Waals surface area contributed by atoms with Crippen LogP contribution in [0.2, 0.25) is 0 Å². The van der Waals surface area contributed by atoms with Crippen molar-refractivity contribution in [3.8, 4) is 0 Å². The number of hydrogen-bond acceptors (Lipinski definition) is 4. The lowest BCUT2D eigenvalue weighted by Crippen LogP contribution is -2.34. The van der Waals surface area contributed by atoms with Gasteiger partial charge >= 0.3 is 0 Å². The number of para-hydroxylation sites is 1. The number of carbonyl (C=O) groups excluding carboxylic acids is 2. The Kier molecular flexibility index (Phi) is 4.79. The molecule has 0 fully saturated rings. The summed E-state index contributed by atoms with van der Waals surface area (Å²) in [5.41, 5.74) is 1.75. The van der Waals surface area contributed by atoms with Gasteiger partial charge in [0.25, 0.3) is 11.8 Å². The Morgan fingerprint density at radius 3 is 2.32 bits per heavy atom. The smallest absolute Gasteiger partial charge is 0.278 e. The van der Waals surface area contributed by atoms with Crippen molar-refractivity contribution < 1.29 is 14.0 Å². The van der Waals surface area contributed by atoms with Gasteiger partial charge in [0.15, 0.2) is 0 Å². The molecule has 3 aromatic rings. The van der Waals surface area contributed by atoms with Crippen LogP contribution in [0.15, 0.2) is 77.8 Å². The van der Waals surface area contributed by atoms with Gasteiger partial charge in [0.05, 0.1) is 12.1 Å². The van der Waals surface area contributed by atoms with E-state index in [2.05, 4.69) is 0 Å². The van der Waals surface area contributed by atoms with Crippen LogP contribution in [0.3, 0.4) is 0 Å². The fourth-order valence-corrected chi connectivity index (χ4v) is 4.00. The third-order valence-corrected chi connectivity index (χ3v) is 5.56. The SMILES string of the molecule is CN(C1=C(c2cccs2)C(=O)N(Cc2ccccc2F)C1=O)c1ccccc1. The number of amides is 2. The molecule has 6 heteroatoms. The molecule has 0 bridgehead atoms. The van der Waals surface area contributed by atoms with Crippen LogP contribution in [-0.2, 0) is 16.1 Å². The van der Waals surface area contributed by atoms with Crippen LogP contribution in [0.5, 0.6) is 0 Å². The van der Waals surface area contributed by atoms with Gasteiger partial charge in [0.2, 0.25) is 0 Å². The summed E-state index contributed by atoms with van der Waals surface area (Å²) in [6.45, 7) is -0.106. The molecule has 4 rings (SSSR count). The van der Waals surface area contributed by atoms with Crippen molar-refractivity contribution in [2.45, 2.75) is 6.54 Å². The Morgan fingerprint density at radius 1 is 0.929 bits per heavy atom. The zero-order valence-corrected chi connectivity index (χ0v) is 15.9. The number of halogens is 1. The fraction of sp³-hybridized carbons (Fsp3) is 0.0909. The third-order valence-electron chi connectivity index (χ3n) is 4.68. The van der Waals surface area contributed by atoms with Gasteiger partial charge < -0.3 is 4.90 Å². The minimum atomic E-state index is -0.439. The van der Waals surface area contributed by atoms with Crippen molar-refractivity contribution in [2.75, 3.05) is 11.9 Å². The van der Waals surface area contributed by atoms with E-state index in [4.69, 9.17) is 0 Å². The summed E-state index contributed by atoms with van der Waals surface area (Å²) in [5.74, 6) is -1.28. The number of anilines is 1. The molecule has 1 aliphatic rings. The molecule has 0 spiro atoms. The van der Waals surface area contributed by atoms with Gasteiger partial charge in [-0.25, -0.2) is 4.39 Å². The molecule has 0 unspecified atom stereocenters. The Balaban J connectivity index is 1.77. The first-order valence-electron chi connectivity index (χ1n) is 8.74. The number of imide groups is 1. The Bertz CT molecular complexity index is 1060. The molecule has 1 aromatic heterocycles. The van der Waals surface area contributed by atoms with Gasteiger partial charge in [-0.15, -0.1) is 11.3 Å². The summed E-state index contributed by atoms with van der Waals surface area (Å²) in [6, 6.07) is 19.2. The maximum atomic E-state index is 14.1. The first kappa shape index (κ1) is 18.1. The summed E-state index contributed by atoms with van der Waals surface area (Å²) in [6.07, 6.45) is 0. The average Bonchev–Trinajstić information content (AvgIpc) is 3.32. The van der Waals surface area contributed by atoms with Crippen molar-refractivity contribution >= 4 is 34.4 Å². The Morgan fingerprint density at radius 2 is 1.64 bits per heavy atom. The van der Waals surface area contributed by atoms with Crippen LogP contribution in [0, 0.1) is 5.82 Å². The molecular weight excluding hydrogens is 375 g/mol. The molecule has 2 heterocycles. The van der Waals surface area contributed by atoms with Gasteiger partial charge in [-0.2, -0.15) is 0 Å². The van der Waals surface area contributed by atoms with Gasteiger partial charge in [0.1, 0.15) is 11.5 Å². The Labute approximate surface area is 166 Å². The van der Waals surface area contributed by atoms with E-state index in [-0.39, 0.29) is 6.54 Å². The summed E-state index contributed by atoms with van der Waals surface area (Å²) >= 11 is 1.40. The topological polar surface area (TPSA) is 40.6 Å². The van der Waals surface area contributed by atoms with Gasteiger partial charge in [-0.3, -0.25) is 14.5 Å². The fourth-order valence-electron chi connectivity index (χ4n) is 3.24. The number of likely N-dealkylation sites (N-methyl/N-ethyl adjacent to an activating group) is 1. The van der Waals surface area contributed by atoms with Crippen molar-refractivity contribution in [1.29, 1.82) is 0 Å². The zero-order valence-electron chi connectivity index (χ0n) is 15.1. The standard InChI is InChI=1S/C22H17FN2O2S/c1-24(16-9-3-2-4-10-16)20-19(18-12-7-13-28-18)21(26)25(22(20)27)14-15-8-5-6-11-17(15)23/h2-13H,14H2,1H3. The zero-order chi connectivity index (χ0) is 19.7. The van der Waals surface area contributed by atoms with Crippen molar-refractivity contribution in [1.82, 2.24) is 4.90 Å². The Hall–Kier alpha value is -3.25. The van der Waals surface area contributed by atoms with Crippen LogP contribution in [-0.4, -0.2) is 23.8 Å². The van der Waals surface area contributed by atoms with Crippen LogP contribution in [0.1, 0.15) is 10.4 Å². The van der Waals surface area contributed by atoms with Crippen molar-refractivity contribution in [3.05, 3.63) is 94.1 Å². The van der Waals surface area contributed by atoms with E-state index in [0.717, 1.165) is 10.6 Å². The second-order valence-corrected chi connectivity index (χ2v) is 7.33. The molecule has 0 radical (unpaired) electrons. The minimum Gasteiger partial charge on any atom is -0.339 e. The quantitative estimate of drug-likeness (QED) is 0.608. The van der Waals surface area contributed by atoms with E-state index in [1.165, 1.54) is 17.4 Å². The molecular formula is C22H17FN2O2S. The first-order chi connectivity index (χ1) is 13.6. The largest absolute Gasteiger partial charge is 0.339 e. The van der Waals surface area contributed by atoms with E-state index in [1.807, 2.05) is 47.8 Å². The minimum absolute atomic E-state index is 0.106. The highest BCUT2D eigenvalue weighted by molar-refractivity contribution is 7.11. The second kappa shape index (κ2) is 7.40. The van der Waals surface area contributed by atoms with Gasteiger partial charge in [-0.05, 0) is 29.6 Å². The molecule has 140 valence electrons. The lowest BCUT2D eigenvalue weighted by Gasteiger charge is -2.21. The normalized spacial score (nSPS) is 14.1. The van der Waals surface area contributed by atoms with Crippen molar-refractivity contribution in [3.63, 3.8) is 0 Å². The van der Waals surface area contributed by atoms with Crippen LogP contribution < -0.4 is 4.90 Å². The number of nitrogens with zero attached hydrogens (tertiary/aromatic N) is 2. The lowest BCUT2D eigenvalue weighted by atomic mass is 10.1. The second-order valence-electron chi connectivity index (χ2n) is 6.38.